The minimum Gasteiger partial charge on any atom is -0.389 e. The average molecular weight is 214 g/mol. The maximum absolute atomic E-state index is 10.8. The predicted molar refractivity (Wildman–Crippen MR) is 44.6 cm³/mol. The van der Waals surface area contributed by atoms with Crippen molar-refractivity contribution in [3.8, 4) is 0 Å². The Kier molecular flexibility index (Phi) is 4.79. The SMILES string of the molecule is CCOC(CO)(OCC)S(=O)(=O)O. The molecule has 7 heteroatoms. The van der Waals surface area contributed by atoms with Gasteiger partial charge in [-0.05, 0) is 13.8 Å². The summed E-state index contributed by atoms with van der Waals surface area (Å²) in [6, 6.07) is 0. The highest BCUT2D eigenvalue weighted by molar-refractivity contribution is 7.86. The van der Waals surface area contributed by atoms with Crippen molar-refractivity contribution in [3.05, 3.63) is 0 Å². The van der Waals surface area contributed by atoms with E-state index in [0.29, 0.717) is 0 Å². The van der Waals surface area contributed by atoms with Crippen molar-refractivity contribution in [3.63, 3.8) is 0 Å². The summed E-state index contributed by atoms with van der Waals surface area (Å²) in [6.07, 6.45) is 0. The second kappa shape index (κ2) is 4.87. The first kappa shape index (κ1) is 12.8. The molecule has 0 bridgehead atoms. The van der Waals surface area contributed by atoms with E-state index < -0.39 is 21.8 Å². The van der Waals surface area contributed by atoms with Crippen LogP contribution < -0.4 is 0 Å². The zero-order chi connectivity index (χ0) is 10.5. The molecule has 2 N–H and O–H groups in total. The van der Waals surface area contributed by atoms with E-state index in [0.717, 1.165) is 0 Å². The highest BCUT2D eigenvalue weighted by Crippen LogP contribution is 2.19. The molecule has 0 aliphatic rings. The molecule has 0 aliphatic heterocycles. The largest absolute Gasteiger partial charge is 0.389 e. The molecule has 0 rings (SSSR count). The molecule has 0 radical (unpaired) electrons. The Labute approximate surface area is 77.2 Å². The van der Waals surface area contributed by atoms with Crippen molar-refractivity contribution in [1.82, 2.24) is 0 Å². The number of hydrogen-bond acceptors (Lipinski definition) is 5. The van der Waals surface area contributed by atoms with E-state index in [9.17, 15) is 8.42 Å². The van der Waals surface area contributed by atoms with E-state index >= 15 is 0 Å². The molecular weight excluding hydrogens is 200 g/mol. The Balaban J connectivity index is 4.86. The lowest BCUT2D eigenvalue weighted by atomic mass is 10.6. The van der Waals surface area contributed by atoms with Gasteiger partial charge in [0, 0.05) is 13.2 Å². The lowest BCUT2D eigenvalue weighted by Gasteiger charge is -2.27. The average Bonchev–Trinajstić information content (AvgIpc) is 2.02. The van der Waals surface area contributed by atoms with Crippen molar-refractivity contribution < 1.29 is 27.6 Å². The van der Waals surface area contributed by atoms with Crippen LogP contribution in [-0.4, -0.2) is 43.0 Å². The molecule has 0 aromatic heterocycles. The van der Waals surface area contributed by atoms with Crippen LogP contribution in [0.25, 0.3) is 0 Å². The molecule has 0 atom stereocenters. The van der Waals surface area contributed by atoms with Crippen LogP contribution in [-0.2, 0) is 19.6 Å². The lowest BCUT2D eigenvalue weighted by molar-refractivity contribution is -0.195. The summed E-state index contributed by atoms with van der Waals surface area (Å²) in [6.45, 7) is 2.09. The summed E-state index contributed by atoms with van der Waals surface area (Å²) in [5.74, 6) is 0. The number of rotatable bonds is 6. The standard InChI is InChI=1S/C6H14O6S/c1-3-11-6(5-7,12-4-2)13(8,9)10/h7H,3-5H2,1-2H3,(H,8,9,10). The van der Waals surface area contributed by atoms with Crippen molar-refractivity contribution in [2.24, 2.45) is 0 Å². The molecule has 0 fully saturated rings. The zero-order valence-electron chi connectivity index (χ0n) is 7.56. The maximum atomic E-state index is 10.8. The van der Waals surface area contributed by atoms with Crippen molar-refractivity contribution in [2.45, 2.75) is 19.0 Å². The first-order chi connectivity index (χ1) is 5.93. The predicted octanol–water partition coefficient (Wildman–Crippen LogP) is -0.407. The second-order valence-electron chi connectivity index (χ2n) is 2.18. The molecule has 0 aromatic carbocycles. The first-order valence-corrected chi connectivity index (χ1v) is 5.23. The van der Waals surface area contributed by atoms with Crippen molar-refractivity contribution in [1.29, 1.82) is 0 Å². The summed E-state index contributed by atoms with van der Waals surface area (Å²) in [5.41, 5.74) is 0. The molecule has 0 unspecified atom stereocenters. The molecule has 0 saturated heterocycles. The minimum atomic E-state index is -4.60. The molecule has 13 heavy (non-hydrogen) atoms. The fourth-order valence-corrected chi connectivity index (χ4v) is 1.50. The molecule has 0 aliphatic carbocycles. The van der Waals surface area contributed by atoms with Crippen LogP contribution in [0.1, 0.15) is 13.8 Å². The van der Waals surface area contributed by atoms with Crippen LogP contribution in [0.3, 0.4) is 0 Å². The molecule has 80 valence electrons. The quantitative estimate of drug-likeness (QED) is 0.461. The van der Waals surface area contributed by atoms with Gasteiger partial charge < -0.3 is 14.6 Å². The van der Waals surface area contributed by atoms with Gasteiger partial charge >= 0.3 is 15.2 Å². The third-order valence-corrected chi connectivity index (χ3v) is 2.47. The highest BCUT2D eigenvalue weighted by Gasteiger charge is 2.45. The van der Waals surface area contributed by atoms with Gasteiger partial charge in [-0.25, -0.2) is 0 Å². The van der Waals surface area contributed by atoms with Gasteiger partial charge in [0.25, 0.3) is 0 Å². The summed E-state index contributed by atoms with van der Waals surface area (Å²) >= 11 is 0. The summed E-state index contributed by atoms with van der Waals surface area (Å²) in [4.78, 5) is 0. The monoisotopic (exact) mass is 214 g/mol. The van der Waals surface area contributed by atoms with Gasteiger partial charge in [0.2, 0.25) is 0 Å². The van der Waals surface area contributed by atoms with Gasteiger partial charge in [0.05, 0.1) is 0 Å². The van der Waals surface area contributed by atoms with Crippen molar-refractivity contribution >= 4 is 10.1 Å². The van der Waals surface area contributed by atoms with Crippen LogP contribution in [0, 0.1) is 0 Å². The fourth-order valence-electron chi connectivity index (χ4n) is 0.803. The van der Waals surface area contributed by atoms with Crippen LogP contribution in [0.5, 0.6) is 0 Å². The molecule has 0 heterocycles. The Morgan fingerprint density at radius 2 is 1.62 bits per heavy atom. The van der Waals surface area contributed by atoms with Gasteiger partial charge in [-0.3, -0.25) is 4.55 Å². The van der Waals surface area contributed by atoms with Crippen LogP contribution in [0.2, 0.25) is 0 Å². The summed E-state index contributed by atoms with van der Waals surface area (Å²) in [7, 11) is -4.60. The third-order valence-electron chi connectivity index (χ3n) is 1.32. The normalized spacial score (nSPS) is 13.2. The second-order valence-corrected chi connectivity index (χ2v) is 3.75. The van der Waals surface area contributed by atoms with E-state index in [-0.39, 0.29) is 13.2 Å². The summed E-state index contributed by atoms with van der Waals surface area (Å²) < 4.78 is 39.7. The van der Waals surface area contributed by atoms with E-state index in [1.807, 2.05) is 0 Å². The van der Waals surface area contributed by atoms with E-state index in [2.05, 4.69) is 9.47 Å². The maximum Gasteiger partial charge on any atom is 0.324 e. The molecule has 6 nitrogen and oxygen atoms in total. The number of hydrogen-bond donors (Lipinski definition) is 2. The molecule has 0 amide bonds. The van der Waals surface area contributed by atoms with Gasteiger partial charge in [-0.1, -0.05) is 0 Å². The number of ether oxygens (including phenoxy) is 2. The number of aliphatic hydroxyl groups excluding tert-OH is 1. The lowest BCUT2D eigenvalue weighted by Crippen LogP contribution is -2.47. The van der Waals surface area contributed by atoms with Gasteiger partial charge in [0.15, 0.2) is 0 Å². The van der Waals surface area contributed by atoms with E-state index in [4.69, 9.17) is 9.66 Å². The van der Waals surface area contributed by atoms with Crippen molar-refractivity contribution in [2.75, 3.05) is 19.8 Å². The molecule has 0 saturated carbocycles. The Morgan fingerprint density at radius 1 is 1.23 bits per heavy atom. The molecular formula is C6H14O6S. The van der Waals surface area contributed by atoms with Crippen LogP contribution in [0.15, 0.2) is 0 Å². The smallest absolute Gasteiger partial charge is 0.324 e. The first-order valence-electron chi connectivity index (χ1n) is 3.79. The van der Waals surface area contributed by atoms with E-state index in [1.54, 1.807) is 0 Å². The van der Waals surface area contributed by atoms with Crippen LogP contribution >= 0.6 is 0 Å². The Hall–Kier alpha value is -0.210. The summed E-state index contributed by atoms with van der Waals surface area (Å²) in [5, 5.41) is 6.45. The van der Waals surface area contributed by atoms with Gasteiger partial charge in [-0.15, -0.1) is 0 Å². The fraction of sp³-hybridized carbons (Fsp3) is 1.00. The topological polar surface area (TPSA) is 93.1 Å². The van der Waals surface area contributed by atoms with E-state index in [1.165, 1.54) is 13.8 Å². The Bertz CT molecular complexity index is 228. The Morgan fingerprint density at radius 3 is 1.77 bits per heavy atom. The third kappa shape index (κ3) is 2.89. The zero-order valence-corrected chi connectivity index (χ0v) is 8.37. The molecule has 0 spiro atoms. The van der Waals surface area contributed by atoms with Gasteiger partial charge in [-0.2, -0.15) is 8.42 Å². The van der Waals surface area contributed by atoms with Gasteiger partial charge in [0.1, 0.15) is 6.61 Å². The van der Waals surface area contributed by atoms with Crippen LogP contribution in [0.4, 0.5) is 0 Å². The number of aliphatic hydroxyl groups is 1. The minimum absolute atomic E-state index is 0.000347. The highest BCUT2D eigenvalue weighted by atomic mass is 32.2. The molecule has 0 aromatic rings.